The Morgan fingerprint density at radius 2 is 2.00 bits per heavy atom. The van der Waals surface area contributed by atoms with E-state index < -0.39 is 22.7 Å². The van der Waals surface area contributed by atoms with Crippen molar-refractivity contribution in [2.75, 3.05) is 5.75 Å². The van der Waals surface area contributed by atoms with Crippen LogP contribution in [-0.2, 0) is 19.2 Å². The number of rotatable bonds is 7. The fourth-order valence-corrected chi connectivity index (χ4v) is 2.26. The average Bonchev–Trinajstić information content (AvgIpc) is 2.61. The van der Waals surface area contributed by atoms with Crippen molar-refractivity contribution >= 4 is 29.5 Å². The van der Waals surface area contributed by atoms with E-state index in [9.17, 15) is 14.4 Å². The minimum absolute atomic E-state index is 0.479. The Morgan fingerprint density at radius 3 is 2.44 bits per heavy atom. The molecule has 0 aromatic rings. The van der Waals surface area contributed by atoms with Crippen molar-refractivity contribution in [3.63, 3.8) is 0 Å². The molecule has 1 unspecified atom stereocenters. The predicted octanol–water partition coefficient (Wildman–Crippen LogP) is 1.18. The van der Waals surface area contributed by atoms with Crippen molar-refractivity contribution < 1.29 is 24.3 Å². The number of amides is 2. The van der Waals surface area contributed by atoms with Crippen LogP contribution >= 0.6 is 11.8 Å². The first-order valence-corrected chi connectivity index (χ1v) is 6.52. The quantitative estimate of drug-likeness (QED) is 0.426. The lowest BCUT2D eigenvalue weighted by Crippen LogP contribution is -2.44. The summed E-state index contributed by atoms with van der Waals surface area (Å²) in [6, 6.07) is 0. The molecule has 0 radical (unpaired) electrons. The highest BCUT2D eigenvalue weighted by molar-refractivity contribution is 8.01. The first-order valence-electron chi connectivity index (χ1n) is 5.53. The smallest absolute Gasteiger partial charge is 0.349 e. The van der Waals surface area contributed by atoms with Crippen LogP contribution in [0.15, 0.2) is 12.2 Å². The van der Waals surface area contributed by atoms with Gasteiger partial charge in [-0.3, -0.25) is 9.59 Å². The first-order chi connectivity index (χ1) is 8.40. The van der Waals surface area contributed by atoms with Crippen molar-refractivity contribution in [1.29, 1.82) is 0 Å². The summed E-state index contributed by atoms with van der Waals surface area (Å²) in [5.74, 6) is -1.98. The van der Waals surface area contributed by atoms with Gasteiger partial charge in [0.15, 0.2) is 0 Å². The summed E-state index contributed by atoms with van der Waals surface area (Å²) in [5, 5.41) is 9.63. The van der Waals surface area contributed by atoms with Crippen LogP contribution in [0.3, 0.4) is 0 Å². The lowest BCUT2D eigenvalue weighted by Gasteiger charge is -2.27. The second kappa shape index (κ2) is 6.01. The lowest BCUT2D eigenvalue weighted by molar-refractivity contribution is -0.211. The molecule has 2 amide bonds. The van der Waals surface area contributed by atoms with Gasteiger partial charge in [0.05, 0.1) is 0 Å². The molecule has 100 valence electrons. The molecule has 1 aliphatic heterocycles. The monoisotopic (exact) mass is 273 g/mol. The van der Waals surface area contributed by atoms with Gasteiger partial charge >= 0.3 is 5.97 Å². The number of hydrogen-bond donors (Lipinski definition) is 1. The number of carboxylic acids is 1. The van der Waals surface area contributed by atoms with Crippen LogP contribution in [0.1, 0.15) is 26.7 Å². The minimum atomic E-state index is -1.65. The maximum atomic E-state index is 11.3. The van der Waals surface area contributed by atoms with Crippen molar-refractivity contribution in [2.45, 2.75) is 31.6 Å². The van der Waals surface area contributed by atoms with Crippen LogP contribution < -0.4 is 0 Å². The van der Waals surface area contributed by atoms with Gasteiger partial charge in [0.2, 0.25) is 4.93 Å². The normalized spacial score (nSPS) is 18.2. The second-order valence-electron chi connectivity index (χ2n) is 3.85. The van der Waals surface area contributed by atoms with E-state index in [0.29, 0.717) is 10.8 Å². The van der Waals surface area contributed by atoms with E-state index in [4.69, 9.17) is 9.94 Å². The predicted molar refractivity (Wildman–Crippen MR) is 65.5 cm³/mol. The molecule has 0 spiro atoms. The Hall–Kier alpha value is -1.34. The molecule has 1 N–H and O–H groups in total. The number of carbonyl (C=O) groups is 3. The Morgan fingerprint density at radius 1 is 1.44 bits per heavy atom. The number of carbonyl (C=O) groups excluding carboxylic acids is 2. The largest absolute Gasteiger partial charge is 0.478 e. The third-order valence-corrected chi connectivity index (χ3v) is 3.59. The van der Waals surface area contributed by atoms with Gasteiger partial charge in [-0.1, -0.05) is 13.3 Å². The lowest BCUT2D eigenvalue weighted by atomic mass is 10.4. The standard InChI is InChI=1S/C11H15NO5S/c1-3-4-7-18-11(2,10(15)16)17-12-8(13)5-6-9(12)14/h5-6H,3-4,7H2,1-2H3,(H,15,16). The molecule has 0 saturated carbocycles. The third kappa shape index (κ3) is 3.33. The van der Waals surface area contributed by atoms with E-state index in [0.717, 1.165) is 36.8 Å². The van der Waals surface area contributed by atoms with E-state index in [2.05, 4.69) is 0 Å². The number of aliphatic carboxylic acids is 1. The van der Waals surface area contributed by atoms with Gasteiger partial charge in [-0.05, 0) is 19.1 Å². The van der Waals surface area contributed by atoms with Gasteiger partial charge in [-0.2, -0.15) is 0 Å². The SMILES string of the molecule is CCCCSC(C)(ON1C(=O)C=CC1=O)C(=O)O. The van der Waals surface area contributed by atoms with Crippen LogP contribution in [0, 0.1) is 0 Å². The summed E-state index contributed by atoms with van der Waals surface area (Å²) in [6.45, 7) is 3.31. The minimum Gasteiger partial charge on any atom is -0.478 e. The van der Waals surface area contributed by atoms with E-state index in [1.165, 1.54) is 6.92 Å². The van der Waals surface area contributed by atoms with Crippen molar-refractivity contribution in [3.8, 4) is 0 Å². The van der Waals surface area contributed by atoms with E-state index >= 15 is 0 Å². The fourth-order valence-electron chi connectivity index (χ4n) is 1.19. The number of hydroxylamine groups is 2. The Kier molecular flexibility index (Phi) is 4.92. The van der Waals surface area contributed by atoms with Crippen molar-refractivity contribution in [1.82, 2.24) is 5.06 Å². The van der Waals surface area contributed by atoms with Crippen LogP contribution in [0.4, 0.5) is 0 Å². The Labute approximate surface area is 109 Å². The molecule has 0 bridgehead atoms. The Balaban J connectivity index is 2.70. The van der Waals surface area contributed by atoms with Gasteiger partial charge in [-0.25, -0.2) is 9.63 Å². The van der Waals surface area contributed by atoms with E-state index in [1.807, 2.05) is 6.92 Å². The van der Waals surface area contributed by atoms with E-state index in [-0.39, 0.29) is 0 Å². The van der Waals surface area contributed by atoms with Crippen molar-refractivity contribution in [2.24, 2.45) is 0 Å². The fraction of sp³-hybridized carbons (Fsp3) is 0.545. The first kappa shape index (κ1) is 14.7. The highest BCUT2D eigenvalue weighted by atomic mass is 32.2. The summed E-state index contributed by atoms with van der Waals surface area (Å²) >= 11 is 1.05. The number of hydrogen-bond acceptors (Lipinski definition) is 5. The molecule has 7 heteroatoms. The second-order valence-corrected chi connectivity index (χ2v) is 5.32. The van der Waals surface area contributed by atoms with Crippen molar-refractivity contribution in [3.05, 3.63) is 12.2 Å². The van der Waals surface area contributed by atoms with Crippen LogP contribution in [-0.4, -0.2) is 38.6 Å². The van der Waals surface area contributed by atoms with Crippen LogP contribution in [0.2, 0.25) is 0 Å². The van der Waals surface area contributed by atoms with Gasteiger partial charge in [-0.15, -0.1) is 16.8 Å². The van der Waals surface area contributed by atoms with E-state index in [1.54, 1.807) is 0 Å². The number of thioether (sulfide) groups is 1. The summed E-state index contributed by atoms with van der Waals surface area (Å²) in [6.07, 6.45) is 3.84. The topological polar surface area (TPSA) is 83.9 Å². The molecule has 1 rings (SSSR count). The molecule has 1 atom stereocenters. The van der Waals surface area contributed by atoms with Crippen LogP contribution in [0.5, 0.6) is 0 Å². The molecular formula is C11H15NO5S. The zero-order chi connectivity index (χ0) is 13.8. The molecular weight excluding hydrogens is 258 g/mol. The van der Waals surface area contributed by atoms with Gasteiger partial charge in [0.25, 0.3) is 11.8 Å². The molecule has 0 aromatic carbocycles. The number of nitrogens with zero attached hydrogens (tertiary/aromatic N) is 1. The maximum absolute atomic E-state index is 11.3. The highest BCUT2D eigenvalue weighted by Gasteiger charge is 2.41. The molecule has 18 heavy (non-hydrogen) atoms. The summed E-state index contributed by atoms with van der Waals surface area (Å²) < 4.78 is 0. The summed E-state index contributed by atoms with van der Waals surface area (Å²) in [4.78, 5) is 37.2. The summed E-state index contributed by atoms with van der Waals surface area (Å²) in [5.41, 5.74) is 0. The molecule has 0 saturated heterocycles. The third-order valence-electron chi connectivity index (χ3n) is 2.30. The zero-order valence-electron chi connectivity index (χ0n) is 10.2. The molecule has 6 nitrogen and oxygen atoms in total. The van der Waals surface area contributed by atoms with Gasteiger partial charge in [0.1, 0.15) is 0 Å². The molecule has 1 aliphatic rings. The molecule has 1 heterocycles. The van der Waals surface area contributed by atoms with Gasteiger partial charge in [0, 0.05) is 12.2 Å². The average molecular weight is 273 g/mol. The Bertz CT molecular complexity index is 377. The molecule has 0 aliphatic carbocycles. The van der Waals surface area contributed by atoms with Crippen LogP contribution in [0.25, 0.3) is 0 Å². The zero-order valence-corrected chi connectivity index (χ0v) is 11.0. The maximum Gasteiger partial charge on any atom is 0.349 e. The van der Waals surface area contributed by atoms with Gasteiger partial charge < -0.3 is 5.11 Å². The number of carboxylic acid groups (broad SMARTS) is 1. The number of imide groups is 1. The highest BCUT2D eigenvalue weighted by Crippen LogP contribution is 2.30. The molecule has 0 fully saturated rings. The number of unbranched alkanes of at least 4 members (excludes halogenated alkanes) is 1. The summed E-state index contributed by atoms with van der Waals surface area (Å²) in [7, 11) is 0. The molecule has 0 aromatic heterocycles.